The van der Waals surface area contributed by atoms with Crippen LogP contribution in [-0.2, 0) is 16.3 Å². The summed E-state index contributed by atoms with van der Waals surface area (Å²) >= 11 is 3.44. The molecule has 0 radical (unpaired) electrons. The second-order valence-electron chi connectivity index (χ2n) is 7.84. The zero-order chi connectivity index (χ0) is 18.9. The summed E-state index contributed by atoms with van der Waals surface area (Å²) in [7, 11) is -1.07. The Hall–Kier alpha value is -0.213. The summed E-state index contributed by atoms with van der Waals surface area (Å²) in [4.78, 5) is 15.8. The quantitative estimate of drug-likeness (QED) is 0.314. The lowest BCUT2D eigenvalue weighted by Gasteiger charge is -2.17. The zero-order valence-corrected chi connectivity index (χ0v) is 20.0. The van der Waals surface area contributed by atoms with Gasteiger partial charge in [-0.2, -0.15) is 0 Å². The van der Waals surface area contributed by atoms with E-state index in [1.54, 1.807) is 0 Å². The number of hydrogen-bond acceptors (Lipinski definition) is 4. The van der Waals surface area contributed by atoms with Gasteiger partial charge in [0.05, 0.1) is 6.04 Å². The van der Waals surface area contributed by atoms with E-state index in [0.29, 0.717) is 25.4 Å². The van der Waals surface area contributed by atoms with Crippen molar-refractivity contribution < 1.29 is 9.53 Å². The second-order valence-corrected chi connectivity index (χ2v) is 14.3. The maximum absolute atomic E-state index is 11.3. The van der Waals surface area contributed by atoms with Gasteiger partial charge in [-0.05, 0) is 34.8 Å². The van der Waals surface area contributed by atoms with Crippen molar-refractivity contribution in [3.63, 3.8) is 0 Å². The summed E-state index contributed by atoms with van der Waals surface area (Å²) in [5.74, 6) is 1.21. The minimum atomic E-state index is -1.07. The lowest BCUT2D eigenvalue weighted by Crippen LogP contribution is -2.22. The van der Waals surface area contributed by atoms with Crippen LogP contribution in [0.5, 0.6) is 0 Å². The number of imidazole rings is 1. The van der Waals surface area contributed by atoms with Gasteiger partial charge in [-0.3, -0.25) is 4.79 Å². The van der Waals surface area contributed by atoms with Crippen LogP contribution in [0.25, 0.3) is 0 Å². The van der Waals surface area contributed by atoms with Gasteiger partial charge in [0.25, 0.3) is 0 Å². The molecule has 5 nitrogen and oxygen atoms in total. The summed E-state index contributed by atoms with van der Waals surface area (Å²) in [5.41, 5.74) is 6.33. The van der Waals surface area contributed by atoms with Crippen LogP contribution >= 0.6 is 28.3 Å². The number of hydrogen-bond donors (Lipinski definition) is 1. The van der Waals surface area contributed by atoms with Crippen LogP contribution in [0, 0.1) is 0 Å². The molecule has 0 saturated carbocycles. The predicted octanol–water partition coefficient (Wildman–Crippen LogP) is 5.31. The molecule has 0 aliphatic carbocycles. The SMILES string of the molecule is CCC(=O)CCCCC[C@H](N)c1nc(Br)cn1COCC[Si](C)(C)C.Cl. The number of ketones is 1. The van der Waals surface area contributed by atoms with E-state index in [1.807, 2.05) is 17.7 Å². The van der Waals surface area contributed by atoms with E-state index < -0.39 is 8.07 Å². The van der Waals surface area contributed by atoms with Crippen molar-refractivity contribution >= 4 is 42.2 Å². The molecule has 0 spiro atoms. The average molecular weight is 469 g/mol. The highest BCUT2D eigenvalue weighted by atomic mass is 79.9. The highest BCUT2D eigenvalue weighted by Crippen LogP contribution is 2.20. The number of nitrogens with two attached hydrogens (primary N) is 1. The average Bonchev–Trinajstić information content (AvgIpc) is 2.90. The normalized spacial score (nSPS) is 12.7. The maximum atomic E-state index is 11.3. The number of carbonyl (C=O) groups is 1. The molecule has 1 atom stereocenters. The van der Waals surface area contributed by atoms with Gasteiger partial charge in [0.15, 0.2) is 0 Å². The van der Waals surface area contributed by atoms with E-state index in [0.717, 1.165) is 48.8 Å². The van der Waals surface area contributed by atoms with E-state index in [2.05, 4.69) is 40.6 Å². The summed E-state index contributed by atoms with van der Waals surface area (Å²) in [5, 5.41) is 0. The number of carbonyl (C=O) groups excluding carboxylic acids is 1. The van der Waals surface area contributed by atoms with Crippen LogP contribution in [0.15, 0.2) is 10.8 Å². The molecule has 0 bridgehead atoms. The Kier molecular flexibility index (Phi) is 12.9. The van der Waals surface area contributed by atoms with Gasteiger partial charge in [0, 0.05) is 33.7 Å². The molecule has 0 saturated heterocycles. The van der Waals surface area contributed by atoms with Gasteiger partial charge in [-0.25, -0.2) is 4.98 Å². The number of unbranched alkanes of at least 4 members (excludes halogenated alkanes) is 2. The highest BCUT2D eigenvalue weighted by Gasteiger charge is 2.16. The molecule has 0 unspecified atom stereocenters. The summed E-state index contributed by atoms with van der Waals surface area (Å²) < 4.78 is 8.62. The third kappa shape index (κ3) is 10.8. The second kappa shape index (κ2) is 13.0. The summed E-state index contributed by atoms with van der Waals surface area (Å²) in [6, 6.07) is 1.05. The molecule has 0 fully saturated rings. The first-order valence-electron chi connectivity index (χ1n) is 9.30. The molecule has 1 aromatic heterocycles. The van der Waals surface area contributed by atoms with Gasteiger partial charge >= 0.3 is 0 Å². The number of halogens is 2. The first-order chi connectivity index (χ1) is 11.7. The molecule has 2 N–H and O–H groups in total. The number of rotatable bonds is 13. The standard InChI is InChI=1S/C18H34BrN3O2Si.ClH/c1-5-15(23)9-7-6-8-10-16(20)18-21-17(19)13-22(18)14-24-11-12-25(2,3)4;/h13,16H,5-12,14,20H2,1-4H3;1H/t16-;/m0./s1. The van der Waals surface area contributed by atoms with E-state index in [4.69, 9.17) is 10.5 Å². The van der Waals surface area contributed by atoms with Crippen LogP contribution in [-0.4, -0.2) is 30.0 Å². The fourth-order valence-electron chi connectivity index (χ4n) is 2.51. The molecule has 1 heterocycles. The lowest BCUT2D eigenvalue weighted by molar-refractivity contribution is -0.118. The van der Waals surface area contributed by atoms with Crippen molar-refractivity contribution in [3.05, 3.63) is 16.6 Å². The monoisotopic (exact) mass is 467 g/mol. The Labute approximate surface area is 174 Å². The Balaban J connectivity index is 0.00000625. The number of aromatic nitrogens is 2. The smallest absolute Gasteiger partial charge is 0.132 e. The topological polar surface area (TPSA) is 70.1 Å². The molecule has 26 heavy (non-hydrogen) atoms. The van der Waals surface area contributed by atoms with Gasteiger partial charge in [-0.1, -0.05) is 39.4 Å². The first-order valence-corrected chi connectivity index (χ1v) is 13.8. The molecule has 0 aliphatic heterocycles. The molecule has 8 heteroatoms. The Bertz CT molecular complexity index is 535. The van der Waals surface area contributed by atoms with Gasteiger partial charge in [0.1, 0.15) is 22.9 Å². The van der Waals surface area contributed by atoms with Crippen LogP contribution in [0.1, 0.15) is 57.3 Å². The molecule has 1 rings (SSSR count). The van der Waals surface area contributed by atoms with Crippen LogP contribution in [0.4, 0.5) is 0 Å². The Morgan fingerprint density at radius 2 is 2.04 bits per heavy atom. The minimum Gasteiger partial charge on any atom is -0.361 e. The minimum absolute atomic E-state index is 0. The third-order valence-electron chi connectivity index (χ3n) is 4.20. The fraction of sp³-hybridized carbons (Fsp3) is 0.778. The largest absolute Gasteiger partial charge is 0.361 e. The van der Waals surface area contributed by atoms with Gasteiger partial charge in [0.2, 0.25) is 0 Å². The number of ether oxygens (including phenoxy) is 1. The van der Waals surface area contributed by atoms with E-state index in [9.17, 15) is 4.79 Å². The first kappa shape index (κ1) is 25.8. The van der Waals surface area contributed by atoms with Crippen LogP contribution in [0.3, 0.4) is 0 Å². The van der Waals surface area contributed by atoms with Crippen molar-refractivity contribution in [3.8, 4) is 0 Å². The summed E-state index contributed by atoms with van der Waals surface area (Å²) in [6.45, 7) is 10.2. The highest BCUT2D eigenvalue weighted by molar-refractivity contribution is 9.10. The predicted molar refractivity (Wildman–Crippen MR) is 117 cm³/mol. The molecule has 152 valence electrons. The molecular formula is C18H35BrClN3O2Si. The van der Waals surface area contributed by atoms with Crippen molar-refractivity contribution in [2.24, 2.45) is 5.73 Å². The number of Topliss-reactive ketones (excluding diaryl/α,β-unsaturated/α-hetero) is 1. The van der Waals surface area contributed by atoms with Crippen molar-refractivity contribution in [2.45, 2.75) is 83.9 Å². The van der Waals surface area contributed by atoms with E-state index >= 15 is 0 Å². The van der Waals surface area contributed by atoms with Crippen LogP contribution in [0.2, 0.25) is 25.7 Å². The molecular weight excluding hydrogens is 434 g/mol. The Morgan fingerprint density at radius 1 is 1.35 bits per heavy atom. The third-order valence-corrected chi connectivity index (χ3v) is 6.29. The van der Waals surface area contributed by atoms with Crippen LogP contribution < -0.4 is 5.73 Å². The molecule has 0 amide bonds. The van der Waals surface area contributed by atoms with E-state index in [1.165, 1.54) is 0 Å². The van der Waals surface area contributed by atoms with E-state index in [-0.39, 0.29) is 18.4 Å². The molecule has 1 aromatic rings. The van der Waals surface area contributed by atoms with Gasteiger partial charge < -0.3 is 15.0 Å². The fourth-order valence-corrected chi connectivity index (χ4v) is 3.69. The van der Waals surface area contributed by atoms with Crippen molar-refractivity contribution in [1.29, 1.82) is 0 Å². The summed E-state index contributed by atoms with van der Waals surface area (Å²) in [6.07, 6.45) is 7.15. The maximum Gasteiger partial charge on any atom is 0.132 e. The van der Waals surface area contributed by atoms with Crippen molar-refractivity contribution in [1.82, 2.24) is 9.55 Å². The van der Waals surface area contributed by atoms with Gasteiger partial charge in [-0.15, -0.1) is 12.4 Å². The molecule has 0 aliphatic rings. The lowest BCUT2D eigenvalue weighted by atomic mass is 10.1. The van der Waals surface area contributed by atoms with Crippen molar-refractivity contribution in [2.75, 3.05) is 6.61 Å². The number of nitrogens with zero attached hydrogens (tertiary/aromatic N) is 2. The Morgan fingerprint density at radius 3 is 2.65 bits per heavy atom. The zero-order valence-electron chi connectivity index (χ0n) is 16.6. The molecule has 0 aromatic carbocycles.